The van der Waals surface area contributed by atoms with E-state index < -0.39 is 23.1 Å². The first-order chi connectivity index (χ1) is 19.8. The second-order valence-corrected chi connectivity index (χ2v) is 9.24. The monoisotopic (exact) mass is 552 g/mol. The molecule has 0 fully saturated rings. The third-order valence-electron chi connectivity index (χ3n) is 6.75. The second-order valence-electron chi connectivity index (χ2n) is 9.24. The average molecular weight is 553 g/mol. The maximum absolute atomic E-state index is 15.2. The van der Waals surface area contributed by atoms with Gasteiger partial charge in [-0.25, -0.2) is 18.0 Å². The van der Waals surface area contributed by atoms with Crippen LogP contribution in [-0.4, -0.2) is 29.9 Å². The SMILES string of the molecule is Cc1c(C(=O)Nc2ccc(Oc3ccnn4ccc(-c5cccnc5)c34)c(F)c2)c(=O)n(-c2ccc(F)cc2)n1C. The Hall–Kier alpha value is -5.58. The van der Waals surface area contributed by atoms with Crippen LogP contribution in [0.5, 0.6) is 11.5 Å². The van der Waals surface area contributed by atoms with E-state index in [1.54, 1.807) is 49.3 Å². The van der Waals surface area contributed by atoms with Crippen molar-refractivity contribution >= 4 is 17.1 Å². The van der Waals surface area contributed by atoms with Crippen LogP contribution in [0.25, 0.3) is 22.3 Å². The molecule has 0 aliphatic carbocycles. The molecule has 11 heteroatoms. The standard InChI is InChI=1S/C30H22F2N6O3/c1-18-27(30(40)38(36(18)2)22-8-5-20(31)6-9-22)29(39)35-21-7-10-25(24(32)16-21)41-26-11-14-34-37-15-12-23(28(26)37)19-4-3-13-33-17-19/h3-17H,1-2H3,(H,35,39). The number of aromatic nitrogens is 5. The quantitative estimate of drug-likeness (QED) is 0.294. The first-order valence-electron chi connectivity index (χ1n) is 12.5. The molecule has 0 saturated carbocycles. The van der Waals surface area contributed by atoms with E-state index >= 15 is 4.39 Å². The fourth-order valence-electron chi connectivity index (χ4n) is 4.67. The van der Waals surface area contributed by atoms with Crippen molar-refractivity contribution in [3.05, 3.63) is 125 Å². The molecule has 0 atom stereocenters. The van der Waals surface area contributed by atoms with Crippen molar-refractivity contribution in [1.29, 1.82) is 0 Å². The summed E-state index contributed by atoms with van der Waals surface area (Å²) in [7, 11) is 1.61. The summed E-state index contributed by atoms with van der Waals surface area (Å²) in [6.07, 6.45) is 6.71. The van der Waals surface area contributed by atoms with Gasteiger partial charge in [-0.1, -0.05) is 6.07 Å². The maximum Gasteiger partial charge on any atom is 0.284 e. The van der Waals surface area contributed by atoms with Crippen LogP contribution in [0.2, 0.25) is 0 Å². The van der Waals surface area contributed by atoms with Crippen molar-refractivity contribution in [2.45, 2.75) is 6.92 Å². The van der Waals surface area contributed by atoms with Crippen molar-refractivity contribution in [2.24, 2.45) is 7.05 Å². The van der Waals surface area contributed by atoms with Crippen LogP contribution in [0.1, 0.15) is 16.1 Å². The van der Waals surface area contributed by atoms with Crippen LogP contribution in [0.15, 0.2) is 96.3 Å². The van der Waals surface area contributed by atoms with Gasteiger partial charge < -0.3 is 10.1 Å². The van der Waals surface area contributed by atoms with Crippen molar-refractivity contribution < 1.29 is 18.3 Å². The van der Waals surface area contributed by atoms with E-state index in [-0.39, 0.29) is 17.0 Å². The van der Waals surface area contributed by atoms with Crippen LogP contribution < -0.4 is 15.6 Å². The van der Waals surface area contributed by atoms with Gasteiger partial charge in [-0.15, -0.1) is 0 Å². The van der Waals surface area contributed by atoms with Gasteiger partial charge in [0.15, 0.2) is 17.3 Å². The van der Waals surface area contributed by atoms with Gasteiger partial charge in [0.1, 0.15) is 16.9 Å². The number of ether oxygens (including phenoxy) is 1. The molecule has 1 amide bonds. The first-order valence-corrected chi connectivity index (χ1v) is 12.5. The van der Waals surface area contributed by atoms with Crippen molar-refractivity contribution in [3.63, 3.8) is 0 Å². The lowest BCUT2D eigenvalue weighted by atomic mass is 10.1. The zero-order valence-corrected chi connectivity index (χ0v) is 21.9. The minimum atomic E-state index is -0.722. The van der Waals surface area contributed by atoms with Gasteiger partial charge in [0.25, 0.3) is 11.5 Å². The number of hydrogen-bond donors (Lipinski definition) is 1. The van der Waals surface area contributed by atoms with E-state index in [1.807, 2.05) is 18.2 Å². The highest BCUT2D eigenvalue weighted by molar-refractivity contribution is 6.05. The summed E-state index contributed by atoms with van der Waals surface area (Å²) in [5.74, 6) is -1.57. The number of nitrogens with zero attached hydrogens (tertiary/aromatic N) is 5. The fraction of sp³-hybridized carbons (Fsp3) is 0.0667. The Morgan fingerprint density at radius 1 is 0.976 bits per heavy atom. The molecule has 204 valence electrons. The van der Waals surface area contributed by atoms with E-state index in [4.69, 9.17) is 4.74 Å². The Balaban J connectivity index is 1.27. The number of hydrogen-bond acceptors (Lipinski definition) is 5. The van der Waals surface area contributed by atoms with Gasteiger partial charge in [-0.3, -0.25) is 19.3 Å². The van der Waals surface area contributed by atoms with Crippen LogP contribution in [-0.2, 0) is 7.05 Å². The number of carbonyl (C=O) groups is 1. The number of rotatable bonds is 6. The predicted octanol–water partition coefficient (Wildman–Crippen LogP) is 5.52. The lowest BCUT2D eigenvalue weighted by Gasteiger charge is -2.11. The summed E-state index contributed by atoms with van der Waals surface area (Å²) in [4.78, 5) is 30.4. The number of halogens is 2. The first kappa shape index (κ1) is 25.7. The topological polar surface area (TPSA) is 95.5 Å². The van der Waals surface area contributed by atoms with Gasteiger partial charge >= 0.3 is 0 Å². The van der Waals surface area contributed by atoms with Gasteiger partial charge in [0, 0.05) is 54.6 Å². The van der Waals surface area contributed by atoms with E-state index in [2.05, 4.69) is 15.4 Å². The molecular formula is C30H22F2N6O3. The van der Waals surface area contributed by atoms with Crippen LogP contribution in [0.3, 0.4) is 0 Å². The van der Waals surface area contributed by atoms with Crippen molar-refractivity contribution in [3.8, 4) is 28.3 Å². The molecule has 0 radical (unpaired) electrons. The van der Waals surface area contributed by atoms with Crippen LogP contribution in [0.4, 0.5) is 14.5 Å². The molecule has 0 spiro atoms. The molecule has 41 heavy (non-hydrogen) atoms. The molecule has 4 heterocycles. The summed E-state index contributed by atoms with van der Waals surface area (Å²) in [6.45, 7) is 1.62. The zero-order valence-electron chi connectivity index (χ0n) is 21.9. The van der Waals surface area contributed by atoms with Gasteiger partial charge in [-0.05, 0) is 55.5 Å². The number of amides is 1. The smallest absolute Gasteiger partial charge is 0.284 e. The largest absolute Gasteiger partial charge is 0.452 e. The lowest BCUT2D eigenvalue weighted by molar-refractivity contribution is 0.102. The van der Waals surface area contributed by atoms with E-state index in [0.29, 0.717) is 22.6 Å². The Bertz CT molecular complexity index is 1980. The summed E-state index contributed by atoms with van der Waals surface area (Å²) < 4.78 is 38.9. The van der Waals surface area contributed by atoms with E-state index in [0.717, 1.165) is 17.2 Å². The molecule has 0 saturated heterocycles. The minimum Gasteiger partial charge on any atom is -0.452 e. The third kappa shape index (κ3) is 4.63. The maximum atomic E-state index is 15.2. The van der Waals surface area contributed by atoms with Crippen molar-refractivity contribution in [2.75, 3.05) is 5.32 Å². The molecule has 6 rings (SSSR count). The molecule has 0 aliphatic rings. The van der Waals surface area contributed by atoms with Crippen molar-refractivity contribution in [1.82, 2.24) is 24.0 Å². The number of nitrogens with one attached hydrogen (secondary N) is 1. The van der Waals surface area contributed by atoms with E-state index in [1.165, 1.54) is 45.8 Å². The number of pyridine rings is 1. The highest BCUT2D eigenvalue weighted by Gasteiger charge is 2.23. The zero-order chi connectivity index (χ0) is 28.7. The minimum absolute atomic E-state index is 0.0657. The number of carbonyl (C=O) groups excluding carboxylic acids is 1. The molecule has 6 aromatic rings. The Morgan fingerprint density at radius 2 is 1.78 bits per heavy atom. The normalized spacial score (nSPS) is 11.1. The summed E-state index contributed by atoms with van der Waals surface area (Å²) in [6, 6.07) is 16.5. The molecule has 9 nitrogen and oxygen atoms in total. The van der Waals surface area contributed by atoms with Crippen LogP contribution in [0, 0.1) is 18.6 Å². The van der Waals surface area contributed by atoms with E-state index in [9.17, 15) is 14.0 Å². The summed E-state index contributed by atoms with van der Waals surface area (Å²) in [5.41, 5.74) is 2.50. The Morgan fingerprint density at radius 3 is 2.51 bits per heavy atom. The van der Waals surface area contributed by atoms with Gasteiger partial charge in [0.2, 0.25) is 0 Å². The Kier molecular flexibility index (Phi) is 6.38. The molecule has 0 unspecified atom stereocenters. The number of fused-ring (bicyclic) bond motifs is 1. The molecular weight excluding hydrogens is 530 g/mol. The number of benzene rings is 2. The average Bonchev–Trinajstić information content (AvgIpc) is 3.50. The Labute approximate surface area is 231 Å². The predicted molar refractivity (Wildman–Crippen MR) is 149 cm³/mol. The highest BCUT2D eigenvalue weighted by atomic mass is 19.1. The fourth-order valence-corrected chi connectivity index (χ4v) is 4.67. The second kappa shape index (κ2) is 10.2. The highest BCUT2D eigenvalue weighted by Crippen LogP contribution is 2.35. The summed E-state index contributed by atoms with van der Waals surface area (Å²) in [5, 5.41) is 6.89. The molecule has 0 aliphatic heterocycles. The lowest BCUT2D eigenvalue weighted by Crippen LogP contribution is -2.25. The third-order valence-corrected chi connectivity index (χ3v) is 6.75. The molecule has 2 aromatic carbocycles. The molecule has 4 aromatic heterocycles. The van der Waals surface area contributed by atoms with Gasteiger partial charge in [0.05, 0.1) is 17.6 Å². The summed E-state index contributed by atoms with van der Waals surface area (Å²) >= 11 is 0. The molecule has 1 N–H and O–H groups in total. The van der Waals surface area contributed by atoms with Gasteiger partial charge in [-0.2, -0.15) is 5.10 Å². The molecule has 0 bridgehead atoms. The van der Waals surface area contributed by atoms with Crippen LogP contribution >= 0.6 is 0 Å². The number of anilines is 1.